The molecule has 1 N–H and O–H groups in total. The van der Waals surface area contributed by atoms with E-state index in [-0.39, 0.29) is 18.0 Å². The molecule has 7 heteroatoms. The van der Waals surface area contributed by atoms with Crippen molar-refractivity contribution < 1.29 is 4.79 Å². The molecule has 4 rings (SSSR count). The Morgan fingerprint density at radius 1 is 1.11 bits per heavy atom. The Balaban J connectivity index is 1.57. The first kappa shape index (κ1) is 17.7. The predicted molar refractivity (Wildman–Crippen MR) is 106 cm³/mol. The van der Waals surface area contributed by atoms with E-state index >= 15 is 0 Å². The van der Waals surface area contributed by atoms with Crippen molar-refractivity contribution >= 4 is 16.8 Å². The van der Waals surface area contributed by atoms with Crippen molar-refractivity contribution in [2.24, 2.45) is 0 Å². The third-order valence-corrected chi connectivity index (χ3v) is 4.55. The number of aromatic nitrogens is 4. The maximum Gasteiger partial charge on any atom is 0.258 e. The van der Waals surface area contributed by atoms with Crippen LogP contribution in [0.25, 0.3) is 16.6 Å². The topological polar surface area (TPSA) is 83.9 Å². The van der Waals surface area contributed by atoms with Crippen LogP contribution < -0.4 is 5.56 Å². The molecule has 0 saturated heterocycles. The van der Waals surface area contributed by atoms with Gasteiger partial charge in [0.05, 0.1) is 23.1 Å². The molecule has 0 bridgehead atoms. The molecule has 0 spiro atoms. The zero-order valence-electron chi connectivity index (χ0n) is 15.4. The molecule has 0 aliphatic rings. The quantitative estimate of drug-likeness (QED) is 0.583. The van der Waals surface area contributed by atoms with Gasteiger partial charge < -0.3 is 9.88 Å². The lowest BCUT2D eigenvalue weighted by atomic mass is 10.1. The summed E-state index contributed by atoms with van der Waals surface area (Å²) in [6.07, 6.45) is 3.55. The van der Waals surface area contributed by atoms with E-state index < -0.39 is 0 Å². The number of benzene rings is 2. The molecule has 0 aliphatic heterocycles. The zero-order valence-corrected chi connectivity index (χ0v) is 15.4. The van der Waals surface area contributed by atoms with E-state index in [0.29, 0.717) is 28.8 Å². The highest BCUT2D eigenvalue weighted by molar-refractivity contribution is 5.94. The Bertz CT molecular complexity index is 1160. The number of hydrogen-bond acceptors (Lipinski definition) is 4. The van der Waals surface area contributed by atoms with Crippen LogP contribution in [-0.2, 0) is 6.54 Å². The van der Waals surface area contributed by atoms with E-state index in [1.54, 1.807) is 46.1 Å². The summed E-state index contributed by atoms with van der Waals surface area (Å²) in [6.45, 7) is 2.63. The Hall–Kier alpha value is -3.74. The van der Waals surface area contributed by atoms with Gasteiger partial charge in [-0.25, -0.2) is 9.67 Å². The number of carbonyl (C=O) groups excluding carboxylic acids is 1. The van der Waals surface area contributed by atoms with E-state index in [1.165, 1.54) is 0 Å². The summed E-state index contributed by atoms with van der Waals surface area (Å²) in [5.41, 5.74) is 1.87. The molecule has 2 heterocycles. The Morgan fingerprint density at radius 3 is 2.61 bits per heavy atom. The third-order valence-electron chi connectivity index (χ3n) is 4.55. The number of fused-ring (bicyclic) bond motifs is 1. The van der Waals surface area contributed by atoms with Crippen LogP contribution in [-0.4, -0.2) is 37.1 Å². The molecule has 0 saturated carbocycles. The number of rotatable bonds is 5. The van der Waals surface area contributed by atoms with E-state index in [2.05, 4.69) is 15.1 Å². The van der Waals surface area contributed by atoms with Crippen LogP contribution in [0.4, 0.5) is 0 Å². The summed E-state index contributed by atoms with van der Waals surface area (Å²) in [5.74, 6) is 0.345. The lowest BCUT2D eigenvalue weighted by molar-refractivity contribution is 0.0748. The van der Waals surface area contributed by atoms with Gasteiger partial charge in [0.15, 0.2) is 0 Å². The fourth-order valence-electron chi connectivity index (χ4n) is 3.08. The van der Waals surface area contributed by atoms with E-state index in [4.69, 9.17) is 0 Å². The molecule has 7 nitrogen and oxygen atoms in total. The largest absolute Gasteiger partial charge is 0.331 e. The fraction of sp³-hybridized carbons (Fsp3) is 0.143. The van der Waals surface area contributed by atoms with Crippen LogP contribution in [0.3, 0.4) is 0 Å². The van der Waals surface area contributed by atoms with Gasteiger partial charge in [-0.1, -0.05) is 12.1 Å². The van der Waals surface area contributed by atoms with Crippen molar-refractivity contribution in [1.82, 2.24) is 24.6 Å². The molecule has 0 unspecified atom stereocenters. The highest BCUT2D eigenvalue weighted by Gasteiger charge is 2.16. The lowest BCUT2D eigenvalue weighted by Gasteiger charge is -2.20. The number of H-pyrrole nitrogens is 1. The summed E-state index contributed by atoms with van der Waals surface area (Å²) < 4.78 is 1.73. The number of para-hydroxylation sites is 1. The summed E-state index contributed by atoms with van der Waals surface area (Å²) in [6, 6.07) is 16.3. The maximum absolute atomic E-state index is 12.9. The second-order valence-corrected chi connectivity index (χ2v) is 6.35. The summed E-state index contributed by atoms with van der Waals surface area (Å²) in [7, 11) is 0. The van der Waals surface area contributed by atoms with Crippen molar-refractivity contribution in [3.8, 4) is 5.69 Å². The predicted octanol–water partition coefficient (Wildman–Crippen LogP) is 2.77. The maximum atomic E-state index is 12.9. The van der Waals surface area contributed by atoms with Gasteiger partial charge in [-0.3, -0.25) is 9.59 Å². The monoisotopic (exact) mass is 373 g/mol. The molecule has 0 fully saturated rings. The second-order valence-electron chi connectivity index (χ2n) is 6.35. The minimum atomic E-state index is -0.201. The minimum absolute atomic E-state index is 0.120. The van der Waals surface area contributed by atoms with Gasteiger partial charge in [-0.15, -0.1) is 0 Å². The molecule has 28 heavy (non-hydrogen) atoms. The van der Waals surface area contributed by atoms with Crippen LogP contribution in [0.15, 0.2) is 71.8 Å². The van der Waals surface area contributed by atoms with Crippen molar-refractivity contribution in [1.29, 1.82) is 0 Å². The third kappa shape index (κ3) is 3.42. The number of hydrogen-bond donors (Lipinski definition) is 1. The van der Waals surface area contributed by atoms with Crippen molar-refractivity contribution in [3.63, 3.8) is 0 Å². The lowest BCUT2D eigenvalue weighted by Crippen LogP contribution is -2.32. The fourth-order valence-corrected chi connectivity index (χ4v) is 3.08. The van der Waals surface area contributed by atoms with E-state index in [0.717, 1.165) is 5.69 Å². The summed E-state index contributed by atoms with van der Waals surface area (Å²) >= 11 is 0. The van der Waals surface area contributed by atoms with Gasteiger partial charge in [0.1, 0.15) is 5.82 Å². The van der Waals surface area contributed by atoms with Gasteiger partial charge in [0, 0.05) is 24.5 Å². The highest BCUT2D eigenvalue weighted by Crippen LogP contribution is 2.13. The average Bonchev–Trinajstić information content (AvgIpc) is 3.27. The Kier molecular flexibility index (Phi) is 4.72. The normalized spacial score (nSPS) is 10.9. The van der Waals surface area contributed by atoms with Gasteiger partial charge in [0.25, 0.3) is 11.5 Å². The first-order valence-electron chi connectivity index (χ1n) is 9.03. The minimum Gasteiger partial charge on any atom is -0.331 e. The first-order chi connectivity index (χ1) is 13.7. The average molecular weight is 373 g/mol. The smallest absolute Gasteiger partial charge is 0.258 e. The summed E-state index contributed by atoms with van der Waals surface area (Å²) in [5, 5.41) is 4.72. The number of nitrogens with zero attached hydrogens (tertiary/aromatic N) is 4. The van der Waals surface area contributed by atoms with Crippen molar-refractivity contribution in [3.05, 3.63) is 88.7 Å². The molecule has 4 aromatic rings. The molecule has 2 aromatic carbocycles. The van der Waals surface area contributed by atoms with Crippen LogP contribution in [0.2, 0.25) is 0 Å². The molecule has 0 aliphatic carbocycles. The van der Waals surface area contributed by atoms with Gasteiger partial charge >= 0.3 is 0 Å². The Labute approximate surface area is 161 Å². The second kappa shape index (κ2) is 7.48. The molecular weight excluding hydrogens is 354 g/mol. The number of aromatic amines is 1. The molecular formula is C21H19N5O2. The zero-order chi connectivity index (χ0) is 19.5. The van der Waals surface area contributed by atoms with Gasteiger partial charge in [-0.05, 0) is 49.4 Å². The van der Waals surface area contributed by atoms with E-state index in [1.807, 2.05) is 37.4 Å². The van der Waals surface area contributed by atoms with Gasteiger partial charge in [0.2, 0.25) is 0 Å². The van der Waals surface area contributed by atoms with Crippen LogP contribution in [0, 0.1) is 0 Å². The SMILES string of the molecule is CCN(Cc1nc2ccccc2c(=O)[nH]1)C(=O)c1ccc(-n2cccn2)cc1. The van der Waals surface area contributed by atoms with Crippen LogP contribution in [0.5, 0.6) is 0 Å². The number of amides is 1. The van der Waals surface area contributed by atoms with Gasteiger partial charge in [-0.2, -0.15) is 5.10 Å². The van der Waals surface area contributed by atoms with Crippen molar-refractivity contribution in [2.75, 3.05) is 6.54 Å². The highest BCUT2D eigenvalue weighted by atomic mass is 16.2. The van der Waals surface area contributed by atoms with Crippen molar-refractivity contribution in [2.45, 2.75) is 13.5 Å². The van der Waals surface area contributed by atoms with E-state index in [9.17, 15) is 9.59 Å². The van der Waals surface area contributed by atoms with Crippen LogP contribution >= 0.6 is 0 Å². The first-order valence-corrected chi connectivity index (χ1v) is 9.03. The molecule has 0 atom stereocenters. The number of carbonyl (C=O) groups is 1. The molecule has 140 valence electrons. The molecule has 2 aromatic heterocycles. The van der Waals surface area contributed by atoms with Crippen LogP contribution in [0.1, 0.15) is 23.1 Å². The standard InChI is InChI=1S/C21H19N5O2/c1-2-25(14-19-23-18-7-4-3-6-17(18)20(27)24-19)21(28)15-8-10-16(11-9-15)26-13-5-12-22-26/h3-13H,2,14H2,1H3,(H,23,24,27). The summed E-state index contributed by atoms with van der Waals surface area (Å²) in [4.78, 5) is 34.1. The number of nitrogens with one attached hydrogen (secondary N) is 1. The molecule has 0 radical (unpaired) electrons. The Morgan fingerprint density at radius 2 is 1.89 bits per heavy atom. The molecule has 1 amide bonds.